The number of carbonyl (C=O) groups excluding carboxylic acids is 1. The quantitative estimate of drug-likeness (QED) is 0.873. The third kappa shape index (κ3) is 2.57. The van der Waals surface area contributed by atoms with E-state index in [9.17, 15) is 4.79 Å². The first-order chi connectivity index (χ1) is 11.5. The first kappa shape index (κ1) is 15.5. The number of amides is 1. The summed E-state index contributed by atoms with van der Waals surface area (Å²) in [5, 5.41) is 7.71. The van der Waals surface area contributed by atoms with Crippen molar-refractivity contribution in [2.75, 3.05) is 24.3 Å². The Morgan fingerprint density at radius 2 is 1.92 bits per heavy atom. The summed E-state index contributed by atoms with van der Waals surface area (Å²) in [5.41, 5.74) is 4.41. The predicted molar refractivity (Wildman–Crippen MR) is 100 cm³/mol. The van der Waals surface area contributed by atoms with Crippen LogP contribution in [0.2, 0.25) is 0 Å². The molecule has 0 bridgehead atoms. The molecule has 0 unspecified atom stereocenters. The zero-order valence-corrected chi connectivity index (χ0v) is 15.2. The molecule has 4 rings (SSSR count). The first-order valence-electron chi connectivity index (χ1n) is 8.52. The average Bonchev–Trinajstić information content (AvgIpc) is 2.92. The van der Waals surface area contributed by atoms with Gasteiger partial charge in [0.1, 0.15) is 11.2 Å². The van der Waals surface area contributed by atoms with Gasteiger partial charge in [-0.05, 0) is 48.4 Å². The van der Waals surface area contributed by atoms with Crippen LogP contribution in [0.3, 0.4) is 0 Å². The van der Waals surface area contributed by atoms with Gasteiger partial charge >= 0.3 is 0 Å². The molecule has 0 fully saturated rings. The van der Waals surface area contributed by atoms with Gasteiger partial charge in [-0.15, -0.1) is 11.3 Å². The summed E-state index contributed by atoms with van der Waals surface area (Å²) >= 11 is 1.77. The van der Waals surface area contributed by atoms with Crippen molar-refractivity contribution in [2.45, 2.75) is 32.4 Å². The number of hydrogen-bond acceptors (Lipinski definition) is 4. The molecule has 2 aromatic rings. The lowest BCUT2D eigenvalue weighted by molar-refractivity contribution is 0.0935. The highest BCUT2D eigenvalue weighted by atomic mass is 32.1. The van der Waals surface area contributed by atoms with Crippen molar-refractivity contribution >= 4 is 27.9 Å². The molecule has 24 heavy (non-hydrogen) atoms. The van der Waals surface area contributed by atoms with Crippen LogP contribution in [0.15, 0.2) is 24.3 Å². The van der Waals surface area contributed by atoms with Crippen molar-refractivity contribution in [3.8, 4) is 0 Å². The largest absolute Gasteiger partial charge is 0.378 e. The number of benzene rings is 1. The van der Waals surface area contributed by atoms with Gasteiger partial charge in [-0.2, -0.15) is 0 Å². The molecular weight excluding hydrogens is 318 g/mol. The molecule has 2 atom stereocenters. The molecule has 2 heterocycles. The number of nitrogens with one attached hydrogen (secondary N) is 2. The Labute approximate surface area is 146 Å². The Bertz CT molecular complexity index is 779. The van der Waals surface area contributed by atoms with Crippen LogP contribution < -0.4 is 15.5 Å². The molecule has 0 saturated heterocycles. The normalized spacial score (nSPS) is 22.2. The fourth-order valence-electron chi connectivity index (χ4n) is 3.59. The second-order valence-corrected chi connectivity index (χ2v) is 8.20. The Morgan fingerprint density at radius 3 is 2.62 bits per heavy atom. The van der Waals surface area contributed by atoms with Gasteiger partial charge in [0.2, 0.25) is 0 Å². The van der Waals surface area contributed by atoms with Gasteiger partial charge in [-0.1, -0.05) is 19.1 Å². The van der Waals surface area contributed by atoms with Crippen molar-refractivity contribution in [3.05, 3.63) is 45.8 Å². The highest BCUT2D eigenvalue weighted by Crippen LogP contribution is 2.42. The molecule has 0 radical (unpaired) electrons. The topological polar surface area (TPSA) is 44.4 Å². The molecular formula is C19H23N3OS. The minimum Gasteiger partial charge on any atom is -0.378 e. The summed E-state index contributed by atoms with van der Waals surface area (Å²) in [6.07, 6.45) is 3.15. The molecule has 1 amide bonds. The molecule has 1 aromatic carbocycles. The highest BCUT2D eigenvalue weighted by Gasteiger charge is 2.32. The van der Waals surface area contributed by atoms with E-state index in [1.54, 1.807) is 11.3 Å². The molecule has 5 heteroatoms. The predicted octanol–water partition coefficient (Wildman–Crippen LogP) is 3.79. The van der Waals surface area contributed by atoms with Crippen molar-refractivity contribution < 1.29 is 4.79 Å². The van der Waals surface area contributed by atoms with E-state index in [1.165, 1.54) is 16.9 Å². The molecule has 1 aromatic heterocycles. The SMILES string of the molecule is C[C@@H]1CCc2c(sc3c2C(=O)N[C@@H](c2ccc(N(C)C)cc2)N3)C1. The van der Waals surface area contributed by atoms with E-state index in [1.807, 2.05) is 14.1 Å². The smallest absolute Gasteiger partial charge is 0.256 e. The summed E-state index contributed by atoms with van der Waals surface area (Å²) in [5.74, 6) is 0.785. The Hall–Kier alpha value is -2.01. The van der Waals surface area contributed by atoms with Gasteiger partial charge in [0.05, 0.1) is 5.56 Å². The summed E-state index contributed by atoms with van der Waals surface area (Å²) in [4.78, 5) is 16.2. The first-order valence-corrected chi connectivity index (χ1v) is 9.34. The molecule has 1 aliphatic carbocycles. The summed E-state index contributed by atoms with van der Waals surface area (Å²) in [6, 6.07) is 8.32. The Kier molecular flexibility index (Phi) is 3.76. The highest BCUT2D eigenvalue weighted by molar-refractivity contribution is 7.16. The molecule has 0 saturated carbocycles. The fraction of sp³-hybridized carbons (Fsp3) is 0.421. The van der Waals surface area contributed by atoms with Crippen molar-refractivity contribution in [2.24, 2.45) is 5.92 Å². The summed E-state index contributed by atoms with van der Waals surface area (Å²) in [7, 11) is 4.05. The molecule has 2 N–H and O–H groups in total. The van der Waals surface area contributed by atoms with Crippen LogP contribution >= 0.6 is 11.3 Å². The minimum absolute atomic E-state index is 0.0671. The van der Waals surface area contributed by atoms with E-state index in [0.717, 1.165) is 40.6 Å². The van der Waals surface area contributed by atoms with Gasteiger partial charge < -0.3 is 15.5 Å². The fourth-order valence-corrected chi connectivity index (χ4v) is 5.03. The third-order valence-electron chi connectivity index (χ3n) is 5.03. The van der Waals surface area contributed by atoms with Gasteiger partial charge in [-0.25, -0.2) is 0 Å². The Balaban J connectivity index is 1.63. The monoisotopic (exact) mass is 341 g/mol. The van der Waals surface area contributed by atoms with Crippen LogP contribution in [0.25, 0.3) is 0 Å². The van der Waals surface area contributed by atoms with Crippen LogP contribution in [0.4, 0.5) is 10.7 Å². The van der Waals surface area contributed by atoms with E-state index in [4.69, 9.17) is 0 Å². The van der Waals surface area contributed by atoms with Crippen LogP contribution in [-0.2, 0) is 12.8 Å². The lowest BCUT2D eigenvalue weighted by atomic mass is 9.88. The number of nitrogens with zero attached hydrogens (tertiary/aromatic N) is 1. The summed E-state index contributed by atoms with van der Waals surface area (Å²) in [6.45, 7) is 2.30. The minimum atomic E-state index is -0.154. The van der Waals surface area contributed by atoms with Crippen LogP contribution in [0.1, 0.15) is 45.9 Å². The number of rotatable bonds is 2. The second kappa shape index (κ2) is 5.81. The van der Waals surface area contributed by atoms with E-state index < -0.39 is 0 Å². The zero-order valence-electron chi connectivity index (χ0n) is 14.3. The molecule has 1 aliphatic heterocycles. The van der Waals surface area contributed by atoms with E-state index in [2.05, 4.69) is 46.7 Å². The lowest BCUT2D eigenvalue weighted by Crippen LogP contribution is -2.38. The average molecular weight is 341 g/mol. The van der Waals surface area contributed by atoms with E-state index in [0.29, 0.717) is 0 Å². The molecule has 4 nitrogen and oxygen atoms in total. The molecule has 126 valence electrons. The maximum absolute atomic E-state index is 12.7. The zero-order chi connectivity index (χ0) is 16.8. The number of hydrogen-bond donors (Lipinski definition) is 2. The number of fused-ring (bicyclic) bond motifs is 3. The Morgan fingerprint density at radius 1 is 1.17 bits per heavy atom. The number of anilines is 2. The van der Waals surface area contributed by atoms with Gasteiger partial charge in [0.15, 0.2) is 0 Å². The maximum Gasteiger partial charge on any atom is 0.256 e. The standard InChI is InChI=1S/C19H23N3OS/c1-11-4-9-14-15(10-11)24-19-16(14)18(23)20-17(21-19)12-5-7-13(8-6-12)22(2)3/h5-8,11,17,21H,4,9-10H2,1-3H3,(H,20,23)/t11-,17-/m1/s1. The van der Waals surface area contributed by atoms with E-state index in [-0.39, 0.29) is 12.1 Å². The van der Waals surface area contributed by atoms with Gasteiger partial charge in [-0.3, -0.25) is 4.79 Å². The second-order valence-electron chi connectivity index (χ2n) is 7.09. The maximum atomic E-state index is 12.7. The lowest BCUT2D eigenvalue weighted by Gasteiger charge is -2.27. The van der Waals surface area contributed by atoms with Gasteiger partial charge in [0, 0.05) is 24.7 Å². The molecule has 0 spiro atoms. The van der Waals surface area contributed by atoms with Gasteiger partial charge in [0.25, 0.3) is 5.91 Å². The number of carbonyl (C=O) groups is 1. The van der Waals surface area contributed by atoms with Crippen LogP contribution in [0.5, 0.6) is 0 Å². The van der Waals surface area contributed by atoms with Crippen LogP contribution in [0, 0.1) is 5.92 Å². The van der Waals surface area contributed by atoms with Crippen molar-refractivity contribution in [3.63, 3.8) is 0 Å². The van der Waals surface area contributed by atoms with Crippen LogP contribution in [-0.4, -0.2) is 20.0 Å². The molecule has 2 aliphatic rings. The number of thiophene rings is 1. The van der Waals surface area contributed by atoms with E-state index >= 15 is 0 Å². The third-order valence-corrected chi connectivity index (χ3v) is 6.22. The summed E-state index contributed by atoms with van der Waals surface area (Å²) < 4.78 is 0. The van der Waals surface area contributed by atoms with Crippen molar-refractivity contribution in [1.29, 1.82) is 0 Å². The van der Waals surface area contributed by atoms with Crippen molar-refractivity contribution in [1.82, 2.24) is 5.32 Å².